The number of halogens is 1. The average molecular weight is 418 g/mol. The summed E-state index contributed by atoms with van der Waals surface area (Å²) < 4.78 is 13.1. The Kier molecular flexibility index (Phi) is 7.24. The van der Waals surface area contributed by atoms with Gasteiger partial charge >= 0.3 is 0 Å². The summed E-state index contributed by atoms with van der Waals surface area (Å²) >= 11 is 1.69. The summed E-state index contributed by atoms with van der Waals surface area (Å²) in [5.41, 5.74) is 2.38. The van der Waals surface area contributed by atoms with Gasteiger partial charge in [0.15, 0.2) is 5.96 Å². The molecule has 29 heavy (non-hydrogen) atoms. The number of hydrogen-bond acceptors (Lipinski definition) is 4. The quantitative estimate of drug-likeness (QED) is 0.572. The number of piperidine rings is 1. The molecule has 0 bridgehead atoms. The van der Waals surface area contributed by atoms with Crippen molar-refractivity contribution in [3.05, 3.63) is 51.7 Å². The molecule has 2 aromatic rings. The van der Waals surface area contributed by atoms with Gasteiger partial charge in [-0.3, -0.25) is 9.89 Å². The Hall–Kier alpha value is -1.99. The Labute approximate surface area is 177 Å². The third kappa shape index (κ3) is 6.51. The number of nitrogens with one attached hydrogen (secondary N) is 2. The highest BCUT2D eigenvalue weighted by molar-refractivity contribution is 7.09. The van der Waals surface area contributed by atoms with Crippen molar-refractivity contribution in [1.82, 2.24) is 20.5 Å². The molecule has 0 saturated carbocycles. The first-order chi connectivity index (χ1) is 13.8. The molecule has 3 rings (SSSR count). The number of aromatic nitrogens is 1. The van der Waals surface area contributed by atoms with Gasteiger partial charge < -0.3 is 10.6 Å². The van der Waals surface area contributed by atoms with E-state index in [2.05, 4.69) is 46.7 Å². The van der Waals surface area contributed by atoms with Gasteiger partial charge in [-0.2, -0.15) is 0 Å². The largest absolute Gasteiger partial charge is 0.354 e. The molecular weight excluding hydrogens is 385 g/mol. The monoisotopic (exact) mass is 417 g/mol. The maximum atomic E-state index is 13.1. The van der Waals surface area contributed by atoms with E-state index in [1.165, 1.54) is 12.1 Å². The average Bonchev–Trinajstić information content (AvgIpc) is 3.18. The van der Waals surface area contributed by atoms with Crippen molar-refractivity contribution in [2.45, 2.75) is 58.2 Å². The molecule has 158 valence electrons. The fourth-order valence-corrected chi connectivity index (χ4v) is 4.33. The predicted molar refractivity (Wildman–Crippen MR) is 119 cm³/mol. The lowest BCUT2D eigenvalue weighted by atomic mass is 9.93. The van der Waals surface area contributed by atoms with Crippen LogP contribution in [-0.2, 0) is 18.5 Å². The molecule has 0 aliphatic carbocycles. The topological polar surface area (TPSA) is 52.6 Å². The van der Waals surface area contributed by atoms with E-state index < -0.39 is 0 Å². The van der Waals surface area contributed by atoms with Gasteiger partial charge in [-0.05, 0) is 30.5 Å². The molecule has 2 heterocycles. The highest BCUT2D eigenvalue weighted by Crippen LogP contribution is 2.23. The van der Waals surface area contributed by atoms with Crippen LogP contribution in [-0.4, -0.2) is 42.0 Å². The highest BCUT2D eigenvalue weighted by Gasteiger charge is 2.21. The zero-order chi connectivity index (χ0) is 20.9. The van der Waals surface area contributed by atoms with Gasteiger partial charge in [0.05, 0.1) is 12.2 Å². The first kappa shape index (κ1) is 21.7. The van der Waals surface area contributed by atoms with Gasteiger partial charge in [-0.15, -0.1) is 11.3 Å². The molecule has 1 aliphatic rings. The Morgan fingerprint density at radius 3 is 2.52 bits per heavy atom. The van der Waals surface area contributed by atoms with Crippen molar-refractivity contribution >= 4 is 17.3 Å². The van der Waals surface area contributed by atoms with Gasteiger partial charge in [-0.1, -0.05) is 32.9 Å². The Bertz CT molecular complexity index is 801. The molecule has 1 fully saturated rings. The second kappa shape index (κ2) is 9.67. The zero-order valence-electron chi connectivity index (χ0n) is 17.8. The lowest BCUT2D eigenvalue weighted by Gasteiger charge is -2.33. The van der Waals surface area contributed by atoms with Crippen LogP contribution < -0.4 is 10.6 Å². The fourth-order valence-electron chi connectivity index (χ4n) is 3.37. The Morgan fingerprint density at radius 2 is 1.93 bits per heavy atom. The third-order valence-corrected chi connectivity index (χ3v) is 6.05. The van der Waals surface area contributed by atoms with Crippen LogP contribution >= 0.6 is 11.3 Å². The van der Waals surface area contributed by atoms with Crippen LogP contribution in [0, 0.1) is 5.82 Å². The van der Waals surface area contributed by atoms with Crippen molar-refractivity contribution < 1.29 is 4.39 Å². The summed E-state index contributed by atoms with van der Waals surface area (Å²) in [5, 5.41) is 10.2. The molecule has 5 nitrogen and oxygen atoms in total. The number of guanidine groups is 1. The molecular formula is C22H32FN5S. The van der Waals surface area contributed by atoms with E-state index >= 15 is 0 Å². The van der Waals surface area contributed by atoms with Crippen molar-refractivity contribution in [1.29, 1.82) is 0 Å². The summed E-state index contributed by atoms with van der Waals surface area (Å²) in [7, 11) is 1.81. The van der Waals surface area contributed by atoms with Crippen LogP contribution in [0.15, 0.2) is 34.6 Å². The maximum Gasteiger partial charge on any atom is 0.191 e. The standard InChI is InChI=1S/C22H32FN5S/c1-22(2,3)19-15-29-20(27-19)13-25-21(24-4)26-18-9-11-28(12-10-18)14-16-5-7-17(23)8-6-16/h5-8,15,18H,9-14H2,1-4H3,(H2,24,25,26). The number of benzene rings is 1. The van der Waals surface area contributed by atoms with Crippen molar-refractivity contribution in [3.63, 3.8) is 0 Å². The van der Waals surface area contributed by atoms with E-state index in [1.54, 1.807) is 18.4 Å². The van der Waals surface area contributed by atoms with E-state index in [4.69, 9.17) is 4.98 Å². The fraction of sp³-hybridized carbons (Fsp3) is 0.545. The first-order valence-electron chi connectivity index (χ1n) is 10.2. The highest BCUT2D eigenvalue weighted by atomic mass is 32.1. The molecule has 7 heteroatoms. The van der Waals surface area contributed by atoms with Crippen LogP contribution in [0.25, 0.3) is 0 Å². The molecule has 1 saturated heterocycles. The zero-order valence-corrected chi connectivity index (χ0v) is 18.7. The van der Waals surface area contributed by atoms with Crippen LogP contribution in [0.4, 0.5) is 4.39 Å². The summed E-state index contributed by atoms with van der Waals surface area (Å²) in [6, 6.07) is 7.22. The van der Waals surface area contributed by atoms with Crippen LogP contribution in [0.3, 0.4) is 0 Å². The lowest BCUT2D eigenvalue weighted by Crippen LogP contribution is -2.48. The second-order valence-corrected chi connectivity index (χ2v) is 9.57. The molecule has 1 aromatic carbocycles. The van der Waals surface area contributed by atoms with E-state index in [-0.39, 0.29) is 11.2 Å². The predicted octanol–water partition coefficient (Wildman–Crippen LogP) is 3.91. The van der Waals surface area contributed by atoms with Crippen molar-refractivity contribution in [2.75, 3.05) is 20.1 Å². The molecule has 2 N–H and O–H groups in total. The van der Waals surface area contributed by atoms with E-state index in [9.17, 15) is 4.39 Å². The third-order valence-electron chi connectivity index (χ3n) is 5.20. The normalized spacial score (nSPS) is 16.8. The number of aliphatic imine (C=N–C) groups is 1. The van der Waals surface area contributed by atoms with Crippen LogP contribution in [0.1, 0.15) is 49.9 Å². The molecule has 1 aromatic heterocycles. The Balaban J connectivity index is 1.42. The molecule has 0 spiro atoms. The number of likely N-dealkylation sites (tertiary alicyclic amines) is 1. The van der Waals surface area contributed by atoms with Crippen LogP contribution in [0.2, 0.25) is 0 Å². The van der Waals surface area contributed by atoms with Gasteiger partial charge in [0.1, 0.15) is 10.8 Å². The van der Waals surface area contributed by atoms with Gasteiger partial charge in [0, 0.05) is 43.5 Å². The molecule has 1 aliphatic heterocycles. The molecule has 0 amide bonds. The first-order valence-corrected chi connectivity index (χ1v) is 11.1. The smallest absolute Gasteiger partial charge is 0.191 e. The minimum Gasteiger partial charge on any atom is -0.354 e. The summed E-state index contributed by atoms with van der Waals surface area (Å²) in [5.74, 6) is 0.650. The summed E-state index contributed by atoms with van der Waals surface area (Å²) in [4.78, 5) is 11.5. The summed E-state index contributed by atoms with van der Waals surface area (Å²) in [6.45, 7) is 10.2. The van der Waals surface area contributed by atoms with E-state index in [0.29, 0.717) is 12.6 Å². The minimum absolute atomic E-state index is 0.0799. The Morgan fingerprint density at radius 1 is 1.24 bits per heavy atom. The molecule has 0 radical (unpaired) electrons. The number of rotatable bonds is 5. The number of nitrogens with zero attached hydrogens (tertiary/aromatic N) is 3. The lowest BCUT2D eigenvalue weighted by molar-refractivity contribution is 0.198. The van der Waals surface area contributed by atoms with E-state index in [0.717, 1.165) is 54.7 Å². The molecule has 0 atom stereocenters. The summed E-state index contributed by atoms with van der Waals surface area (Å²) in [6.07, 6.45) is 2.13. The minimum atomic E-state index is -0.178. The van der Waals surface area contributed by atoms with Gasteiger partial charge in [0.25, 0.3) is 0 Å². The number of thiazole rings is 1. The maximum absolute atomic E-state index is 13.1. The van der Waals surface area contributed by atoms with E-state index in [1.807, 2.05) is 12.1 Å². The van der Waals surface area contributed by atoms with Crippen LogP contribution in [0.5, 0.6) is 0 Å². The van der Waals surface area contributed by atoms with Crippen molar-refractivity contribution in [3.8, 4) is 0 Å². The number of hydrogen-bond donors (Lipinski definition) is 2. The SMILES string of the molecule is CN=C(NCc1nc(C(C)(C)C)cs1)NC1CCN(Cc2ccc(F)cc2)CC1. The van der Waals surface area contributed by atoms with Gasteiger partial charge in [0.2, 0.25) is 0 Å². The molecule has 0 unspecified atom stereocenters. The second-order valence-electron chi connectivity index (χ2n) is 8.62. The van der Waals surface area contributed by atoms with Crippen molar-refractivity contribution in [2.24, 2.45) is 4.99 Å². The van der Waals surface area contributed by atoms with Gasteiger partial charge in [-0.25, -0.2) is 9.37 Å².